The molecule has 0 aliphatic rings. The van der Waals surface area contributed by atoms with E-state index < -0.39 is 0 Å². The Hall–Kier alpha value is -0.400. The second kappa shape index (κ2) is 4.73. The molecular formula is C9H11BrN2S. The van der Waals surface area contributed by atoms with Crippen molar-refractivity contribution in [3.8, 4) is 6.07 Å². The summed E-state index contributed by atoms with van der Waals surface area (Å²) in [5.41, 5.74) is 0.878. The lowest BCUT2D eigenvalue weighted by Gasteiger charge is -1.97. The molecule has 0 aliphatic heterocycles. The van der Waals surface area contributed by atoms with Gasteiger partial charge in [-0.2, -0.15) is 5.26 Å². The van der Waals surface area contributed by atoms with Gasteiger partial charge in [-0.25, -0.2) is 4.98 Å². The molecule has 0 aliphatic carbocycles. The molecule has 0 amide bonds. The number of hydrogen-bond donors (Lipinski definition) is 0. The predicted octanol–water partition coefficient (Wildman–Crippen LogP) is 3.17. The Labute approximate surface area is 90.7 Å². The van der Waals surface area contributed by atoms with Crippen molar-refractivity contribution in [2.24, 2.45) is 5.92 Å². The van der Waals surface area contributed by atoms with Crippen LogP contribution >= 0.6 is 27.3 Å². The minimum absolute atomic E-state index is 0.398. The molecule has 70 valence electrons. The number of thiazole rings is 1. The summed E-state index contributed by atoms with van der Waals surface area (Å²) in [6.45, 7) is 4.33. The van der Waals surface area contributed by atoms with Crippen molar-refractivity contribution in [1.29, 1.82) is 5.26 Å². The van der Waals surface area contributed by atoms with Gasteiger partial charge in [0.1, 0.15) is 0 Å². The zero-order chi connectivity index (χ0) is 9.84. The highest BCUT2D eigenvalue weighted by atomic mass is 79.9. The lowest BCUT2D eigenvalue weighted by molar-refractivity contribution is 0.643. The van der Waals surface area contributed by atoms with Gasteiger partial charge in [-0.05, 0) is 21.8 Å². The molecule has 0 N–H and O–H groups in total. The highest BCUT2D eigenvalue weighted by Gasteiger charge is 2.09. The van der Waals surface area contributed by atoms with Gasteiger partial charge in [0, 0.05) is 6.42 Å². The first-order valence-electron chi connectivity index (χ1n) is 4.14. The molecule has 0 saturated carbocycles. The first-order valence-corrected chi connectivity index (χ1v) is 5.75. The van der Waals surface area contributed by atoms with Crippen LogP contribution in [0.4, 0.5) is 0 Å². The molecule has 0 bridgehead atoms. The van der Waals surface area contributed by atoms with Crippen molar-refractivity contribution >= 4 is 27.3 Å². The van der Waals surface area contributed by atoms with Crippen molar-refractivity contribution < 1.29 is 0 Å². The molecule has 2 nitrogen and oxygen atoms in total. The van der Waals surface area contributed by atoms with Crippen molar-refractivity contribution in [1.82, 2.24) is 4.98 Å². The summed E-state index contributed by atoms with van der Waals surface area (Å²) in [5, 5.41) is 9.65. The molecule has 1 heterocycles. The first kappa shape index (κ1) is 10.7. The largest absolute Gasteiger partial charge is 0.244 e. The lowest BCUT2D eigenvalue weighted by Crippen LogP contribution is -1.93. The molecule has 0 radical (unpaired) electrons. The van der Waals surface area contributed by atoms with Crippen LogP contribution in [0.2, 0.25) is 0 Å². The van der Waals surface area contributed by atoms with Gasteiger partial charge in [0.2, 0.25) is 0 Å². The molecule has 4 heteroatoms. The SMILES string of the molecule is CC(C)Cc1nc(CC#N)c(Br)s1. The third kappa shape index (κ3) is 3.09. The smallest absolute Gasteiger partial charge is 0.0943 e. The molecule has 0 atom stereocenters. The number of nitrogens with zero attached hydrogens (tertiary/aromatic N) is 2. The third-order valence-corrected chi connectivity index (χ3v) is 3.38. The fourth-order valence-corrected chi connectivity index (χ4v) is 2.80. The van der Waals surface area contributed by atoms with Crippen molar-refractivity contribution in [2.75, 3.05) is 0 Å². The van der Waals surface area contributed by atoms with Crippen LogP contribution in [-0.4, -0.2) is 4.98 Å². The summed E-state index contributed by atoms with van der Waals surface area (Å²) in [5.74, 6) is 0.619. The highest BCUT2D eigenvalue weighted by molar-refractivity contribution is 9.11. The molecular weight excluding hydrogens is 248 g/mol. The molecule has 0 unspecified atom stereocenters. The van der Waals surface area contributed by atoms with Crippen LogP contribution in [0.3, 0.4) is 0 Å². The second-order valence-corrected chi connectivity index (χ2v) is 5.66. The summed E-state index contributed by atoms with van der Waals surface area (Å²) < 4.78 is 1.00. The van der Waals surface area contributed by atoms with Crippen molar-refractivity contribution in [3.05, 3.63) is 14.5 Å². The molecule has 1 aromatic rings. The van der Waals surface area contributed by atoms with E-state index >= 15 is 0 Å². The van der Waals surface area contributed by atoms with Gasteiger partial charge in [0.05, 0.1) is 27.0 Å². The molecule has 13 heavy (non-hydrogen) atoms. The summed E-state index contributed by atoms with van der Waals surface area (Å²) in [6.07, 6.45) is 1.39. The Kier molecular flexibility index (Phi) is 3.89. The topological polar surface area (TPSA) is 36.7 Å². The summed E-state index contributed by atoms with van der Waals surface area (Å²) in [4.78, 5) is 4.39. The Morgan fingerprint density at radius 1 is 1.62 bits per heavy atom. The number of rotatable bonds is 3. The summed E-state index contributed by atoms with van der Waals surface area (Å²) in [7, 11) is 0. The third-order valence-electron chi connectivity index (χ3n) is 1.52. The van der Waals surface area contributed by atoms with Crippen LogP contribution in [0.25, 0.3) is 0 Å². The number of aromatic nitrogens is 1. The maximum absolute atomic E-state index is 8.53. The van der Waals surface area contributed by atoms with E-state index in [0.29, 0.717) is 12.3 Å². The van der Waals surface area contributed by atoms with Gasteiger partial charge in [0.15, 0.2) is 0 Å². The Morgan fingerprint density at radius 2 is 2.31 bits per heavy atom. The monoisotopic (exact) mass is 258 g/mol. The highest BCUT2D eigenvalue weighted by Crippen LogP contribution is 2.26. The lowest BCUT2D eigenvalue weighted by atomic mass is 10.1. The molecule has 0 spiro atoms. The van der Waals surface area contributed by atoms with Crippen LogP contribution in [0, 0.1) is 17.2 Å². The van der Waals surface area contributed by atoms with Gasteiger partial charge in [-0.1, -0.05) is 13.8 Å². The molecule has 1 rings (SSSR count). The van der Waals surface area contributed by atoms with E-state index in [1.807, 2.05) is 0 Å². The maximum atomic E-state index is 8.53. The van der Waals surface area contributed by atoms with E-state index in [-0.39, 0.29) is 0 Å². The fourth-order valence-electron chi connectivity index (χ4n) is 1.00. The average molecular weight is 259 g/mol. The van der Waals surface area contributed by atoms with E-state index in [0.717, 1.165) is 20.9 Å². The first-order chi connectivity index (χ1) is 6.13. The average Bonchev–Trinajstić information content (AvgIpc) is 2.31. The second-order valence-electron chi connectivity index (χ2n) is 3.26. The Balaban J connectivity index is 2.77. The normalized spacial score (nSPS) is 10.4. The number of hydrogen-bond acceptors (Lipinski definition) is 3. The van der Waals surface area contributed by atoms with Crippen molar-refractivity contribution in [2.45, 2.75) is 26.7 Å². The number of halogens is 1. The minimum atomic E-state index is 0.398. The van der Waals surface area contributed by atoms with E-state index in [9.17, 15) is 0 Å². The van der Waals surface area contributed by atoms with E-state index in [2.05, 4.69) is 40.8 Å². The standard InChI is InChI=1S/C9H11BrN2S/c1-6(2)5-8-12-7(3-4-11)9(10)13-8/h6H,3,5H2,1-2H3. The van der Waals surface area contributed by atoms with Crippen LogP contribution in [0.15, 0.2) is 3.79 Å². The van der Waals surface area contributed by atoms with Crippen LogP contribution in [0.1, 0.15) is 24.5 Å². The maximum Gasteiger partial charge on any atom is 0.0943 e. The zero-order valence-corrected chi connectivity index (χ0v) is 10.1. The van der Waals surface area contributed by atoms with Gasteiger partial charge < -0.3 is 0 Å². The quantitative estimate of drug-likeness (QED) is 0.835. The van der Waals surface area contributed by atoms with E-state index in [1.54, 1.807) is 11.3 Å². The van der Waals surface area contributed by atoms with Crippen LogP contribution in [0.5, 0.6) is 0 Å². The van der Waals surface area contributed by atoms with Gasteiger partial charge in [-0.15, -0.1) is 11.3 Å². The van der Waals surface area contributed by atoms with E-state index in [4.69, 9.17) is 5.26 Å². The van der Waals surface area contributed by atoms with E-state index in [1.165, 1.54) is 0 Å². The Morgan fingerprint density at radius 3 is 2.85 bits per heavy atom. The Bertz CT molecular complexity index is 325. The van der Waals surface area contributed by atoms with Crippen LogP contribution < -0.4 is 0 Å². The minimum Gasteiger partial charge on any atom is -0.244 e. The molecule has 0 saturated heterocycles. The van der Waals surface area contributed by atoms with Crippen LogP contribution in [-0.2, 0) is 12.8 Å². The summed E-state index contributed by atoms with van der Waals surface area (Å²) >= 11 is 5.05. The zero-order valence-electron chi connectivity index (χ0n) is 7.67. The van der Waals surface area contributed by atoms with Crippen molar-refractivity contribution in [3.63, 3.8) is 0 Å². The molecule has 0 fully saturated rings. The summed E-state index contributed by atoms with van der Waals surface area (Å²) in [6, 6.07) is 2.11. The molecule has 1 aromatic heterocycles. The van der Waals surface area contributed by atoms with Gasteiger partial charge in [-0.3, -0.25) is 0 Å². The molecule has 0 aromatic carbocycles. The fraction of sp³-hybridized carbons (Fsp3) is 0.556. The van der Waals surface area contributed by atoms with Gasteiger partial charge in [0.25, 0.3) is 0 Å². The van der Waals surface area contributed by atoms with Gasteiger partial charge >= 0.3 is 0 Å². The predicted molar refractivity (Wildman–Crippen MR) is 57.7 cm³/mol. The number of nitriles is 1.